The first-order valence-corrected chi connectivity index (χ1v) is 8.80. The van der Waals surface area contributed by atoms with Crippen LogP contribution < -0.4 is 14.8 Å². The van der Waals surface area contributed by atoms with Gasteiger partial charge in [0.05, 0.1) is 17.2 Å². The number of ether oxygens (including phenoxy) is 2. The van der Waals surface area contributed by atoms with Crippen molar-refractivity contribution in [3.05, 3.63) is 59.1 Å². The Bertz CT molecular complexity index is 776. The fraction of sp³-hybridized carbons (Fsp3) is 0.300. The van der Waals surface area contributed by atoms with Crippen LogP contribution in [0.1, 0.15) is 31.1 Å². The lowest BCUT2D eigenvalue weighted by Gasteiger charge is -2.21. The van der Waals surface area contributed by atoms with Crippen LogP contribution in [-0.2, 0) is 4.79 Å². The minimum atomic E-state index is -0.826. The standard InChI is InChI=1S/C20H22ClNO4/c1-4-25-16-11-7-8-12-17(16)26-20(24)18(13(2)3)22-19(23)14-9-5-6-10-15(14)21/h5-13,18H,4H2,1-3H3,(H,22,23). The van der Waals surface area contributed by atoms with E-state index in [-0.39, 0.29) is 5.92 Å². The number of para-hydroxylation sites is 2. The molecule has 0 aliphatic rings. The van der Waals surface area contributed by atoms with Gasteiger partial charge in [-0.2, -0.15) is 0 Å². The van der Waals surface area contributed by atoms with E-state index in [9.17, 15) is 9.59 Å². The maximum Gasteiger partial charge on any atom is 0.334 e. The number of hydrogen-bond donors (Lipinski definition) is 1. The molecule has 2 rings (SSSR count). The van der Waals surface area contributed by atoms with E-state index in [1.165, 1.54) is 0 Å². The van der Waals surface area contributed by atoms with Gasteiger partial charge in [-0.15, -0.1) is 0 Å². The molecule has 26 heavy (non-hydrogen) atoms. The summed E-state index contributed by atoms with van der Waals surface area (Å²) in [5.74, 6) is -0.370. The molecule has 0 aromatic heterocycles. The summed E-state index contributed by atoms with van der Waals surface area (Å²) in [5, 5.41) is 3.03. The highest BCUT2D eigenvalue weighted by Gasteiger charge is 2.28. The maximum atomic E-state index is 12.6. The Morgan fingerprint density at radius 2 is 1.65 bits per heavy atom. The van der Waals surface area contributed by atoms with Crippen LogP contribution in [-0.4, -0.2) is 24.5 Å². The fourth-order valence-corrected chi connectivity index (χ4v) is 2.56. The van der Waals surface area contributed by atoms with Crippen molar-refractivity contribution < 1.29 is 19.1 Å². The van der Waals surface area contributed by atoms with Gasteiger partial charge >= 0.3 is 5.97 Å². The monoisotopic (exact) mass is 375 g/mol. The van der Waals surface area contributed by atoms with Gasteiger partial charge in [-0.1, -0.05) is 49.7 Å². The lowest BCUT2D eigenvalue weighted by atomic mass is 10.0. The molecule has 1 amide bonds. The van der Waals surface area contributed by atoms with Crippen molar-refractivity contribution in [1.82, 2.24) is 5.32 Å². The molecule has 0 fully saturated rings. The lowest BCUT2D eigenvalue weighted by molar-refractivity contribution is -0.137. The number of nitrogens with one attached hydrogen (secondary N) is 1. The van der Waals surface area contributed by atoms with Crippen molar-refractivity contribution in [2.75, 3.05) is 6.61 Å². The maximum absolute atomic E-state index is 12.6. The number of rotatable bonds is 7. The third-order valence-corrected chi connectivity index (χ3v) is 4.01. The van der Waals surface area contributed by atoms with Crippen molar-refractivity contribution in [3.63, 3.8) is 0 Å². The van der Waals surface area contributed by atoms with Crippen LogP contribution in [0.3, 0.4) is 0 Å². The Morgan fingerprint density at radius 3 is 2.27 bits per heavy atom. The zero-order chi connectivity index (χ0) is 19.1. The van der Waals surface area contributed by atoms with E-state index in [1.54, 1.807) is 48.5 Å². The van der Waals surface area contributed by atoms with E-state index in [4.69, 9.17) is 21.1 Å². The average Bonchev–Trinajstić information content (AvgIpc) is 2.61. The quantitative estimate of drug-likeness (QED) is 0.584. The van der Waals surface area contributed by atoms with Gasteiger partial charge in [0.2, 0.25) is 0 Å². The van der Waals surface area contributed by atoms with Gasteiger partial charge in [0, 0.05) is 0 Å². The molecule has 0 bridgehead atoms. The number of benzene rings is 2. The summed E-state index contributed by atoms with van der Waals surface area (Å²) >= 11 is 6.05. The van der Waals surface area contributed by atoms with Gasteiger partial charge in [-0.3, -0.25) is 4.79 Å². The second-order valence-electron chi connectivity index (χ2n) is 5.98. The van der Waals surface area contributed by atoms with Crippen LogP contribution >= 0.6 is 11.6 Å². The third-order valence-electron chi connectivity index (χ3n) is 3.69. The lowest BCUT2D eigenvalue weighted by Crippen LogP contribution is -2.46. The molecule has 138 valence electrons. The molecule has 6 heteroatoms. The van der Waals surface area contributed by atoms with Gasteiger partial charge < -0.3 is 14.8 Å². The van der Waals surface area contributed by atoms with E-state index in [2.05, 4.69) is 5.32 Å². The highest BCUT2D eigenvalue weighted by molar-refractivity contribution is 6.33. The average molecular weight is 376 g/mol. The number of hydrogen-bond acceptors (Lipinski definition) is 4. The molecule has 1 atom stereocenters. The first kappa shape index (κ1) is 19.8. The molecule has 1 unspecified atom stereocenters. The Hall–Kier alpha value is -2.53. The van der Waals surface area contributed by atoms with Gasteiger partial charge in [0.1, 0.15) is 6.04 Å². The van der Waals surface area contributed by atoms with Crippen molar-refractivity contribution in [1.29, 1.82) is 0 Å². The zero-order valence-electron chi connectivity index (χ0n) is 15.0. The van der Waals surface area contributed by atoms with E-state index >= 15 is 0 Å². The molecule has 0 heterocycles. The SMILES string of the molecule is CCOc1ccccc1OC(=O)C(NC(=O)c1ccccc1Cl)C(C)C. The first-order chi connectivity index (χ1) is 12.4. The van der Waals surface area contributed by atoms with Crippen LogP contribution in [0.15, 0.2) is 48.5 Å². The molecule has 0 saturated carbocycles. The summed E-state index contributed by atoms with van der Waals surface area (Å²) in [6, 6.07) is 12.8. The third kappa shape index (κ3) is 4.99. The summed E-state index contributed by atoms with van der Waals surface area (Å²) in [4.78, 5) is 25.1. The molecular weight excluding hydrogens is 354 g/mol. The summed E-state index contributed by atoms with van der Waals surface area (Å²) in [6.45, 7) is 5.95. The summed E-state index contributed by atoms with van der Waals surface area (Å²) in [5.41, 5.74) is 0.308. The van der Waals surface area contributed by atoms with Gasteiger partial charge in [-0.25, -0.2) is 4.79 Å². The number of amides is 1. The van der Waals surface area contributed by atoms with Gasteiger partial charge in [0.15, 0.2) is 11.5 Å². The molecule has 5 nitrogen and oxygen atoms in total. The largest absolute Gasteiger partial charge is 0.490 e. The van der Waals surface area contributed by atoms with Crippen molar-refractivity contribution in [2.45, 2.75) is 26.8 Å². The first-order valence-electron chi connectivity index (χ1n) is 8.43. The van der Waals surface area contributed by atoms with E-state index in [0.29, 0.717) is 28.7 Å². The molecule has 0 radical (unpaired) electrons. The second kappa shape index (κ2) is 9.25. The molecule has 2 aromatic carbocycles. The number of carbonyl (C=O) groups is 2. The summed E-state index contributed by atoms with van der Waals surface area (Å²) in [6.07, 6.45) is 0. The number of halogens is 1. The van der Waals surface area contributed by atoms with Gasteiger partial charge in [0.25, 0.3) is 5.91 Å². The Morgan fingerprint density at radius 1 is 1.04 bits per heavy atom. The van der Waals surface area contributed by atoms with Crippen LogP contribution in [0, 0.1) is 5.92 Å². The smallest absolute Gasteiger partial charge is 0.334 e. The predicted octanol–water partition coefficient (Wildman–Crippen LogP) is 4.10. The highest BCUT2D eigenvalue weighted by atomic mass is 35.5. The Labute approximate surface area is 158 Å². The normalized spacial score (nSPS) is 11.7. The van der Waals surface area contributed by atoms with Gasteiger partial charge in [-0.05, 0) is 37.1 Å². The molecular formula is C20H22ClNO4. The highest BCUT2D eigenvalue weighted by Crippen LogP contribution is 2.27. The molecule has 0 spiro atoms. The summed E-state index contributed by atoms with van der Waals surface area (Å²) in [7, 11) is 0. The van der Waals surface area contributed by atoms with Crippen LogP contribution in [0.4, 0.5) is 0 Å². The number of carbonyl (C=O) groups excluding carboxylic acids is 2. The molecule has 0 aliphatic carbocycles. The van der Waals surface area contributed by atoms with Crippen molar-refractivity contribution in [3.8, 4) is 11.5 Å². The van der Waals surface area contributed by atoms with E-state index < -0.39 is 17.9 Å². The van der Waals surface area contributed by atoms with Crippen LogP contribution in [0.25, 0.3) is 0 Å². The van der Waals surface area contributed by atoms with Crippen molar-refractivity contribution >= 4 is 23.5 Å². The van der Waals surface area contributed by atoms with Crippen molar-refractivity contribution in [2.24, 2.45) is 5.92 Å². The van der Waals surface area contributed by atoms with E-state index in [0.717, 1.165) is 0 Å². The second-order valence-corrected chi connectivity index (χ2v) is 6.38. The fourth-order valence-electron chi connectivity index (χ4n) is 2.34. The van der Waals surface area contributed by atoms with E-state index in [1.807, 2.05) is 20.8 Å². The predicted molar refractivity (Wildman–Crippen MR) is 101 cm³/mol. The van der Waals surface area contributed by atoms with Crippen LogP contribution in [0.5, 0.6) is 11.5 Å². The molecule has 0 aliphatic heterocycles. The number of esters is 1. The van der Waals surface area contributed by atoms with Crippen LogP contribution in [0.2, 0.25) is 5.02 Å². The molecule has 1 N–H and O–H groups in total. The topological polar surface area (TPSA) is 64.6 Å². The zero-order valence-corrected chi connectivity index (χ0v) is 15.7. The molecule has 2 aromatic rings. The minimum absolute atomic E-state index is 0.173. The Kier molecular flexibility index (Phi) is 7.04. The minimum Gasteiger partial charge on any atom is -0.490 e. The Balaban J connectivity index is 2.16. The molecule has 0 saturated heterocycles. The summed E-state index contributed by atoms with van der Waals surface area (Å²) < 4.78 is 10.9.